The fourth-order valence-electron chi connectivity index (χ4n) is 6.58. The van der Waals surface area contributed by atoms with Crippen LogP contribution in [0.3, 0.4) is 0 Å². The molecular formula is C36H22O9. The van der Waals surface area contributed by atoms with E-state index in [9.17, 15) is 40.9 Å². The molecule has 8 rings (SSSR count). The van der Waals surface area contributed by atoms with Crippen LogP contribution in [0.2, 0.25) is 0 Å². The lowest BCUT2D eigenvalue weighted by molar-refractivity contribution is 0.350. The summed E-state index contributed by atoms with van der Waals surface area (Å²) < 4.78 is 6.07. The first-order valence-electron chi connectivity index (χ1n) is 13.8. The molecule has 220 valence electrons. The van der Waals surface area contributed by atoms with E-state index in [-0.39, 0.29) is 32.7 Å². The van der Waals surface area contributed by atoms with Crippen LogP contribution in [0.4, 0.5) is 0 Å². The van der Waals surface area contributed by atoms with Crippen molar-refractivity contribution in [3.05, 3.63) is 84.9 Å². The fraction of sp³-hybridized carbons (Fsp3) is 0. The molecule has 0 spiro atoms. The molecule has 45 heavy (non-hydrogen) atoms. The molecule has 0 aliphatic carbocycles. The third-order valence-electron chi connectivity index (χ3n) is 8.52. The van der Waals surface area contributed by atoms with E-state index >= 15 is 0 Å². The molecule has 1 heterocycles. The van der Waals surface area contributed by atoms with Crippen molar-refractivity contribution in [2.45, 2.75) is 0 Å². The molecule has 0 saturated heterocycles. The van der Waals surface area contributed by atoms with Crippen molar-refractivity contribution in [3.8, 4) is 68.2 Å². The van der Waals surface area contributed by atoms with Crippen molar-refractivity contribution in [2.24, 2.45) is 0 Å². The topological polar surface area (TPSA) is 175 Å². The van der Waals surface area contributed by atoms with Crippen molar-refractivity contribution in [3.63, 3.8) is 0 Å². The van der Waals surface area contributed by atoms with Crippen LogP contribution >= 0.6 is 0 Å². The van der Waals surface area contributed by atoms with E-state index in [2.05, 4.69) is 0 Å². The number of fused-ring (bicyclic) bond motifs is 6. The first-order valence-corrected chi connectivity index (χ1v) is 13.8. The van der Waals surface area contributed by atoms with E-state index in [0.717, 1.165) is 5.39 Å². The highest BCUT2D eigenvalue weighted by Crippen LogP contribution is 2.62. The molecule has 7 aromatic carbocycles. The molecular weight excluding hydrogens is 576 g/mol. The zero-order chi connectivity index (χ0) is 31.3. The maximum absolute atomic E-state index is 11.6. The molecule has 9 nitrogen and oxygen atoms in total. The van der Waals surface area contributed by atoms with Gasteiger partial charge in [0.1, 0.15) is 11.2 Å². The predicted octanol–water partition coefficient (Wildman–Crippen LogP) is 8.02. The normalized spacial score (nSPS) is 11.8. The van der Waals surface area contributed by atoms with Gasteiger partial charge in [0.05, 0.1) is 0 Å². The van der Waals surface area contributed by atoms with Gasteiger partial charge >= 0.3 is 0 Å². The molecule has 0 unspecified atom stereocenters. The van der Waals surface area contributed by atoms with Gasteiger partial charge in [-0.3, -0.25) is 0 Å². The average Bonchev–Trinajstić information content (AvgIpc) is 3.45. The summed E-state index contributed by atoms with van der Waals surface area (Å²) in [6.07, 6.45) is 0. The number of aromatic hydroxyl groups is 8. The fourth-order valence-corrected chi connectivity index (χ4v) is 6.58. The monoisotopic (exact) mass is 598 g/mol. The summed E-state index contributed by atoms with van der Waals surface area (Å²) in [6, 6.07) is 24.6. The Morgan fingerprint density at radius 1 is 0.333 bits per heavy atom. The lowest BCUT2D eigenvalue weighted by atomic mass is 9.82. The second-order valence-corrected chi connectivity index (χ2v) is 10.8. The molecule has 0 bridgehead atoms. The zero-order valence-corrected chi connectivity index (χ0v) is 23.1. The number of rotatable bonds is 2. The number of para-hydroxylation sites is 1. The molecule has 0 amide bonds. The Labute approximate surface area is 252 Å². The van der Waals surface area contributed by atoms with Crippen LogP contribution in [-0.2, 0) is 0 Å². The maximum atomic E-state index is 11.6. The molecule has 8 aromatic rings. The standard InChI is InChI=1S/C36H22O9/c37-29-25-23(17-11-5-8-15-7-1-2-9-16(15)17)26-28(32(40)36(44)34(42)30(26)38)24(27(25)31(39)35(43)33(29)41)19-12-6-14-21-22(19)18-10-3-4-13-20(18)45-21/h1-14,37-44H. The molecule has 0 aliphatic heterocycles. The third kappa shape index (κ3) is 3.31. The Balaban J connectivity index is 1.75. The Morgan fingerprint density at radius 3 is 1.36 bits per heavy atom. The summed E-state index contributed by atoms with van der Waals surface area (Å²) in [5.74, 6) is -7.44. The lowest BCUT2D eigenvalue weighted by Gasteiger charge is -2.23. The lowest BCUT2D eigenvalue weighted by Crippen LogP contribution is -1.95. The number of hydrogen-bond acceptors (Lipinski definition) is 9. The summed E-state index contributed by atoms with van der Waals surface area (Å²) in [5.41, 5.74) is 1.61. The van der Waals surface area contributed by atoms with Crippen LogP contribution in [0.5, 0.6) is 46.0 Å². The highest BCUT2D eigenvalue weighted by molar-refractivity contribution is 6.32. The smallest absolute Gasteiger partial charge is 0.204 e. The van der Waals surface area contributed by atoms with Crippen molar-refractivity contribution in [1.29, 1.82) is 0 Å². The summed E-state index contributed by atoms with van der Waals surface area (Å²) in [5, 5.41) is 91.3. The van der Waals surface area contributed by atoms with E-state index in [0.29, 0.717) is 38.5 Å². The highest BCUT2D eigenvalue weighted by Gasteiger charge is 2.33. The van der Waals surface area contributed by atoms with Crippen LogP contribution in [-0.4, -0.2) is 40.9 Å². The van der Waals surface area contributed by atoms with Crippen LogP contribution in [0.25, 0.3) is 76.5 Å². The molecule has 8 N–H and O–H groups in total. The van der Waals surface area contributed by atoms with E-state index in [4.69, 9.17) is 4.42 Å². The second-order valence-electron chi connectivity index (χ2n) is 10.8. The Bertz CT molecular complexity index is 2490. The largest absolute Gasteiger partial charge is 0.504 e. The van der Waals surface area contributed by atoms with Gasteiger partial charge in [-0.15, -0.1) is 0 Å². The zero-order valence-electron chi connectivity index (χ0n) is 23.1. The van der Waals surface area contributed by atoms with E-state index in [1.807, 2.05) is 18.2 Å². The number of hydrogen-bond donors (Lipinski definition) is 8. The van der Waals surface area contributed by atoms with Gasteiger partial charge in [-0.05, 0) is 34.0 Å². The highest BCUT2D eigenvalue weighted by atomic mass is 16.4. The third-order valence-corrected chi connectivity index (χ3v) is 8.52. The summed E-state index contributed by atoms with van der Waals surface area (Å²) in [4.78, 5) is 0. The van der Waals surface area contributed by atoms with Gasteiger partial charge in [0.25, 0.3) is 0 Å². The van der Waals surface area contributed by atoms with Gasteiger partial charge in [-0.2, -0.15) is 0 Å². The number of phenolic OH excluding ortho intramolecular Hbond substituents is 8. The van der Waals surface area contributed by atoms with Crippen molar-refractivity contribution in [1.82, 2.24) is 0 Å². The molecule has 0 saturated carbocycles. The minimum atomic E-state index is -1.03. The van der Waals surface area contributed by atoms with Crippen LogP contribution in [0, 0.1) is 0 Å². The Kier molecular flexibility index (Phi) is 5.24. The number of furan rings is 1. The molecule has 1 aromatic heterocycles. The van der Waals surface area contributed by atoms with Gasteiger partial charge in [0.2, 0.25) is 23.0 Å². The molecule has 0 radical (unpaired) electrons. The average molecular weight is 599 g/mol. The first kappa shape index (κ1) is 26.2. The van der Waals surface area contributed by atoms with Crippen molar-refractivity contribution in [2.75, 3.05) is 0 Å². The van der Waals surface area contributed by atoms with Gasteiger partial charge < -0.3 is 45.3 Å². The Morgan fingerprint density at radius 2 is 0.756 bits per heavy atom. The van der Waals surface area contributed by atoms with Gasteiger partial charge in [-0.25, -0.2) is 0 Å². The van der Waals surface area contributed by atoms with Crippen LogP contribution in [0.15, 0.2) is 89.3 Å². The minimum absolute atomic E-state index is 0.00373. The molecule has 0 aliphatic rings. The molecule has 9 heteroatoms. The number of benzene rings is 7. The number of phenols is 8. The minimum Gasteiger partial charge on any atom is -0.504 e. The quantitative estimate of drug-likeness (QED) is 0.0556. The molecule has 0 atom stereocenters. The molecule has 0 fully saturated rings. The van der Waals surface area contributed by atoms with Gasteiger partial charge in [-0.1, -0.05) is 72.8 Å². The van der Waals surface area contributed by atoms with E-state index < -0.39 is 46.0 Å². The van der Waals surface area contributed by atoms with Gasteiger partial charge in [0, 0.05) is 43.4 Å². The summed E-state index contributed by atoms with van der Waals surface area (Å²) in [7, 11) is 0. The maximum Gasteiger partial charge on any atom is 0.204 e. The first-order chi connectivity index (χ1) is 21.7. The summed E-state index contributed by atoms with van der Waals surface area (Å²) >= 11 is 0. The predicted molar refractivity (Wildman–Crippen MR) is 170 cm³/mol. The SMILES string of the molecule is Oc1c(O)c(O)c2c(-c3cccc4oc5ccccc5c34)c3c(O)c(O)c(O)c(O)c3c(-c3cccc4ccccc34)c2c1O. The van der Waals surface area contributed by atoms with Crippen LogP contribution < -0.4 is 0 Å². The van der Waals surface area contributed by atoms with Crippen molar-refractivity contribution >= 4 is 54.3 Å². The second kappa shape index (κ2) is 9.01. The van der Waals surface area contributed by atoms with Gasteiger partial charge in [0.15, 0.2) is 23.0 Å². The van der Waals surface area contributed by atoms with Crippen LogP contribution in [0.1, 0.15) is 0 Å². The van der Waals surface area contributed by atoms with Crippen molar-refractivity contribution < 1.29 is 45.3 Å². The van der Waals surface area contributed by atoms with E-state index in [1.54, 1.807) is 66.7 Å². The summed E-state index contributed by atoms with van der Waals surface area (Å²) in [6.45, 7) is 0. The Hall–Kier alpha value is -6.48. The van der Waals surface area contributed by atoms with E-state index in [1.165, 1.54) is 0 Å².